The van der Waals surface area contributed by atoms with Crippen molar-refractivity contribution in [1.29, 1.82) is 0 Å². The molecule has 0 saturated heterocycles. The number of aromatic nitrogens is 1. The molecule has 0 fully saturated rings. The first-order chi connectivity index (χ1) is 9.67. The van der Waals surface area contributed by atoms with Gasteiger partial charge in [-0.1, -0.05) is 24.3 Å². The van der Waals surface area contributed by atoms with Gasteiger partial charge in [-0.25, -0.2) is 4.98 Å². The maximum absolute atomic E-state index is 12.4. The molecule has 106 valence electrons. The molecule has 1 aromatic carbocycles. The van der Waals surface area contributed by atoms with Crippen molar-refractivity contribution in [3.05, 3.63) is 36.0 Å². The molecule has 1 amide bonds. The Hall–Kier alpha value is -1.75. The molecule has 4 nitrogen and oxygen atoms in total. The molecule has 0 aliphatic carbocycles. The summed E-state index contributed by atoms with van der Waals surface area (Å²) in [5.41, 5.74) is 0.618. The third-order valence-electron chi connectivity index (χ3n) is 3.07. The van der Waals surface area contributed by atoms with Crippen molar-refractivity contribution in [3.63, 3.8) is 0 Å². The van der Waals surface area contributed by atoms with Gasteiger partial charge in [0, 0.05) is 30.4 Å². The summed E-state index contributed by atoms with van der Waals surface area (Å²) in [7, 11) is 1.83. The summed E-state index contributed by atoms with van der Waals surface area (Å²) in [6.07, 6.45) is 3.66. The van der Waals surface area contributed by atoms with E-state index < -0.39 is 0 Å². The predicted octanol–water partition coefficient (Wildman–Crippen LogP) is 2.76. The summed E-state index contributed by atoms with van der Waals surface area (Å²) < 4.78 is 0. The van der Waals surface area contributed by atoms with Crippen LogP contribution in [0, 0.1) is 0 Å². The van der Waals surface area contributed by atoms with Crippen molar-refractivity contribution < 1.29 is 4.79 Å². The number of amides is 1. The van der Waals surface area contributed by atoms with E-state index in [1.165, 1.54) is 0 Å². The highest BCUT2D eigenvalue weighted by atomic mass is 32.2. The molecule has 0 spiro atoms. The van der Waals surface area contributed by atoms with Crippen LogP contribution in [0.3, 0.4) is 0 Å². The fraction of sp³-hybridized carbons (Fsp3) is 0.333. The Labute approximate surface area is 123 Å². The Morgan fingerprint density at radius 2 is 2.05 bits per heavy atom. The van der Waals surface area contributed by atoms with Crippen LogP contribution in [-0.2, 0) is 0 Å². The van der Waals surface area contributed by atoms with Gasteiger partial charge in [0.25, 0.3) is 5.91 Å². The average molecular weight is 289 g/mol. The van der Waals surface area contributed by atoms with Gasteiger partial charge < -0.3 is 10.6 Å². The fourth-order valence-corrected chi connectivity index (χ4v) is 2.75. The summed E-state index contributed by atoms with van der Waals surface area (Å²) in [6.45, 7) is 2.01. The lowest BCUT2D eigenvalue weighted by atomic mass is 10.1. The molecule has 1 unspecified atom stereocenters. The number of carbonyl (C=O) groups is 1. The van der Waals surface area contributed by atoms with E-state index in [-0.39, 0.29) is 11.9 Å². The standard InChI is InChI=1S/C15H19N3OS/c1-10(9-20-3)18-15(19)13-8-17-14(16-2)12-7-5-4-6-11(12)13/h4-8,10H,9H2,1-3H3,(H,16,17)(H,18,19). The number of hydrogen-bond acceptors (Lipinski definition) is 4. The number of pyridine rings is 1. The maximum atomic E-state index is 12.4. The summed E-state index contributed by atoms with van der Waals surface area (Å²) >= 11 is 1.72. The number of anilines is 1. The van der Waals surface area contributed by atoms with Crippen molar-refractivity contribution in [3.8, 4) is 0 Å². The lowest BCUT2D eigenvalue weighted by molar-refractivity contribution is 0.0945. The van der Waals surface area contributed by atoms with E-state index in [0.717, 1.165) is 22.3 Å². The van der Waals surface area contributed by atoms with E-state index in [2.05, 4.69) is 15.6 Å². The summed E-state index contributed by atoms with van der Waals surface area (Å²) in [4.78, 5) is 16.7. The molecule has 1 atom stereocenters. The Balaban J connectivity index is 2.37. The van der Waals surface area contributed by atoms with Crippen LogP contribution in [0.1, 0.15) is 17.3 Å². The van der Waals surface area contributed by atoms with Crippen LogP contribution in [-0.4, -0.2) is 36.0 Å². The van der Waals surface area contributed by atoms with Crippen molar-refractivity contribution in [2.75, 3.05) is 24.4 Å². The first-order valence-corrected chi connectivity index (χ1v) is 7.92. The van der Waals surface area contributed by atoms with E-state index in [4.69, 9.17) is 0 Å². The summed E-state index contributed by atoms with van der Waals surface area (Å²) in [5, 5.41) is 7.93. The summed E-state index contributed by atoms with van der Waals surface area (Å²) in [5.74, 6) is 1.61. The maximum Gasteiger partial charge on any atom is 0.253 e. The molecule has 0 aliphatic heterocycles. The van der Waals surface area contributed by atoms with Crippen LogP contribution in [0.4, 0.5) is 5.82 Å². The quantitative estimate of drug-likeness (QED) is 0.888. The van der Waals surface area contributed by atoms with Gasteiger partial charge in [-0.05, 0) is 18.6 Å². The van der Waals surface area contributed by atoms with Crippen LogP contribution >= 0.6 is 11.8 Å². The number of nitrogens with one attached hydrogen (secondary N) is 2. The first-order valence-electron chi connectivity index (χ1n) is 6.52. The van der Waals surface area contributed by atoms with Crippen molar-refractivity contribution in [1.82, 2.24) is 10.3 Å². The van der Waals surface area contributed by atoms with Gasteiger partial charge in [0.05, 0.1) is 5.56 Å². The smallest absolute Gasteiger partial charge is 0.253 e. The van der Waals surface area contributed by atoms with Crippen LogP contribution in [0.5, 0.6) is 0 Å². The van der Waals surface area contributed by atoms with Crippen LogP contribution < -0.4 is 10.6 Å². The molecule has 1 heterocycles. The van der Waals surface area contributed by atoms with Crippen molar-refractivity contribution in [2.24, 2.45) is 0 Å². The van der Waals surface area contributed by atoms with Crippen LogP contribution in [0.25, 0.3) is 10.8 Å². The zero-order valence-electron chi connectivity index (χ0n) is 11.9. The normalized spacial score (nSPS) is 12.2. The zero-order chi connectivity index (χ0) is 14.5. The van der Waals surface area contributed by atoms with E-state index in [9.17, 15) is 4.79 Å². The van der Waals surface area contributed by atoms with E-state index in [1.54, 1.807) is 18.0 Å². The van der Waals surface area contributed by atoms with Gasteiger partial charge in [-0.2, -0.15) is 11.8 Å². The number of carbonyl (C=O) groups excluding carboxylic acids is 1. The van der Waals surface area contributed by atoms with Gasteiger partial charge in [0.15, 0.2) is 0 Å². The minimum Gasteiger partial charge on any atom is -0.373 e. The van der Waals surface area contributed by atoms with Crippen LogP contribution in [0.15, 0.2) is 30.5 Å². The fourth-order valence-electron chi connectivity index (χ4n) is 2.17. The highest BCUT2D eigenvalue weighted by Gasteiger charge is 2.14. The molecule has 0 bridgehead atoms. The molecule has 0 radical (unpaired) electrons. The van der Waals surface area contributed by atoms with E-state index in [1.807, 2.05) is 44.5 Å². The molecule has 20 heavy (non-hydrogen) atoms. The number of benzene rings is 1. The van der Waals surface area contributed by atoms with Gasteiger partial charge in [0.1, 0.15) is 5.82 Å². The third kappa shape index (κ3) is 3.04. The van der Waals surface area contributed by atoms with Gasteiger partial charge in [-0.15, -0.1) is 0 Å². The number of fused-ring (bicyclic) bond motifs is 1. The molecule has 0 saturated carbocycles. The molecule has 2 aromatic rings. The largest absolute Gasteiger partial charge is 0.373 e. The second-order valence-electron chi connectivity index (χ2n) is 4.65. The second-order valence-corrected chi connectivity index (χ2v) is 5.56. The molecule has 2 rings (SSSR count). The Morgan fingerprint density at radius 3 is 2.70 bits per heavy atom. The number of rotatable bonds is 5. The summed E-state index contributed by atoms with van der Waals surface area (Å²) in [6, 6.07) is 7.94. The number of thioether (sulfide) groups is 1. The molecular formula is C15H19N3OS. The predicted molar refractivity (Wildman–Crippen MR) is 86.6 cm³/mol. The van der Waals surface area contributed by atoms with E-state index in [0.29, 0.717) is 5.56 Å². The minimum atomic E-state index is -0.0714. The lowest BCUT2D eigenvalue weighted by Crippen LogP contribution is -2.34. The molecule has 5 heteroatoms. The minimum absolute atomic E-state index is 0.0714. The third-order valence-corrected chi connectivity index (χ3v) is 3.90. The zero-order valence-corrected chi connectivity index (χ0v) is 12.8. The average Bonchev–Trinajstić information content (AvgIpc) is 2.46. The molecular weight excluding hydrogens is 270 g/mol. The van der Waals surface area contributed by atoms with Crippen molar-refractivity contribution >= 4 is 34.3 Å². The number of nitrogens with zero attached hydrogens (tertiary/aromatic N) is 1. The monoisotopic (exact) mass is 289 g/mol. The highest BCUT2D eigenvalue weighted by Crippen LogP contribution is 2.24. The Morgan fingerprint density at radius 1 is 1.35 bits per heavy atom. The second kappa shape index (κ2) is 6.61. The molecule has 0 aliphatic rings. The number of hydrogen-bond donors (Lipinski definition) is 2. The van der Waals surface area contributed by atoms with Crippen molar-refractivity contribution in [2.45, 2.75) is 13.0 Å². The van der Waals surface area contributed by atoms with Gasteiger partial charge >= 0.3 is 0 Å². The lowest BCUT2D eigenvalue weighted by Gasteiger charge is -2.14. The van der Waals surface area contributed by atoms with E-state index >= 15 is 0 Å². The molecule has 1 aromatic heterocycles. The topological polar surface area (TPSA) is 54.0 Å². The highest BCUT2D eigenvalue weighted by molar-refractivity contribution is 7.98. The van der Waals surface area contributed by atoms with Gasteiger partial charge in [-0.3, -0.25) is 4.79 Å². The molecule has 2 N–H and O–H groups in total. The Kier molecular flexibility index (Phi) is 4.84. The SMILES string of the molecule is CNc1ncc(C(=O)NC(C)CSC)c2ccccc12. The van der Waals surface area contributed by atoms with Crippen LogP contribution in [0.2, 0.25) is 0 Å². The van der Waals surface area contributed by atoms with Gasteiger partial charge in [0.2, 0.25) is 0 Å². The Bertz CT molecular complexity index is 615. The first kappa shape index (κ1) is 14.7.